The van der Waals surface area contributed by atoms with Crippen molar-refractivity contribution in [3.8, 4) is 11.3 Å². The van der Waals surface area contributed by atoms with Crippen molar-refractivity contribution >= 4 is 11.8 Å². The Balaban J connectivity index is 1.75. The highest BCUT2D eigenvalue weighted by molar-refractivity contribution is 5.84. The molecule has 8 heteroatoms. The second kappa shape index (κ2) is 9.53. The van der Waals surface area contributed by atoms with Crippen LogP contribution in [-0.2, 0) is 20.7 Å². The predicted molar refractivity (Wildman–Crippen MR) is 88.1 cm³/mol. The molecule has 0 aliphatic carbocycles. The highest BCUT2D eigenvalue weighted by atomic mass is 19.1. The van der Waals surface area contributed by atoms with Gasteiger partial charge in [0.05, 0.1) is 24.9 Å². The molecule has 0 bridgehead atoms. The van der Waals surface area contributed by atoms with Gasteiger partial charge in [-0.2, -0.15) is 0 Å². The Morgan fingerprint density at radius 2 is 2.04 bits per heavy atom. The topological polar surface area (TPSA) is 93.5 Å². The van der Waals surface area contributed by atoms with Gasteiger partial charge in [-0.25, -0.2) is 9.37 Å². The number of amides is 2. The van der Waals surface area contributed by atoms with Gasteiger partial charge in [0.1, 0.15) is 5.82 Å². The molecule has 0 radical (unpaired) electrons. The van der Waals surface area contributed by atoms with Crippen molar-refractivity contribution in [3.05, 3.63) is 42.2 Å². The van der Waals surface area contributed by atoms with Crippen LogP contribution in [0.5, 0.6) is 0 Å². The summed E-state index contributed by atoms with van der Waals surface area (Å²) in [7, 11) is 1.54. The minimum absolute atomic E-state index is 0.103. The fourth-order valence-corrected chi connectivity index (χ4v) is 2.05. The summed E-state index contributed by atoms with van der Waals surface area (Å²) in [5, 5.41) is 5.10. The predicted octanol–water partition coefficient (Wildman–Crippen LogP) is 1.29. The Morgan fingerprint density at radius 3 is 2.80 bits per heavy atom. The van der Waals surface area contributed by atoms with Crippen LogP contribution in [0, 0.1) is 5.82 Å². The molecule has 2 N–H and O–H groups in total. The van der Waals surface area contributed by atoms with Crippen LogP contribution < -0.4 is 10.6 Å². The molecule has 25 heavy (non-hydrogen) atoms. The van der Waals surface area contributed by atoms with Gasteiger partial charge in [-0.1, -0.05) is 12.1 Å². The van der Waals surface area contributed by atoms with Crippen molar-refractivity contribution in [1.82, 2.24) is 15.6 Å². The van der Waals surface area contributed by atoms with E-state index in [1.807, 2.05) is 0 Å². The zero-order valence-corrected chi connectivity index (χ0v) is 13.9. The minimum atomic E-state index is -0.401. The van der Waals surface area contributed by atoms with Gasteiger partial charge >= 0.3 is 0 Å². The van der Waals surface area contributed by atoms with Gasteiger partial charge in [-0.05, 0) is 12.1 Å². The largest absolute Gasteiger partial charge is 0.441 e. The van der Waals surface area contributed by atoms with Crippen LogP contribution in [0.15, 0.2) is 34.9 Å². The molecule has 2 rings (SSSR count). The van der Waals surface area contributed by atoms with Crippen molar-refractivity contribution in [3.63, 3.8) is 0 Å². The molecule has 0 aliphatic heterocycles. The van der Waals surface area contributed by atoms with Crippen molar-refractivity contribution in [2.75, 3.05) is 26.8 Å². The number of hydrogen-bond acceptors (Lipinski definition) is 5. The average Bonchev–Trinajstić information content (AvgIpc) is 3.07. The van der Waals surface area contributed by atoms with Crippen LogP contribution in [0.25, 0.3) is 11.3 Å². The highest BCUT2D eigenvalue weighted by Crippen LogP contribution is 2.23. The second-order valence-corrected chi connectivity index (χ2v) is 5.22. The van der Waals surface area contributed by atoms with Crippen LogP contribution in [0.2, 0.25) is 0 Å². The number of ether oxygens (including phenoxy) is 1. The maximum Gasteiger partial charge on any atom is 0.239 e. The number of carbonyl (C=O) groups is 2. The highest BCUT2D eigenvalue weighted by Gasteiger charge is 2.12. The number of methoxy groups -OCH3 is 1. The average molecular weight is 349 g/mol. The monoisotopic (exact) mass is 349 g/mol. The van der Waals surface area contributed by atoms with E-state index in [0.29, 0.717) is 30.4 Å². The first-order valence-electron chi connectivity index (χ1n) is 7.82. The van der Waals surface area contributed by atoms with Crippen LogP contribution in [0.3, 0.4) is 0 Å². The lowest BCUT2D eigenvalue weighted by molar-refractivity contribution is -0.126. The fraction of sp³-hybridized carbons (Fsp3) is 0.353. The van der Waals surface area contributed by atoms with E-state index < -0.39 is 5.82 Å². The molecular weight excluding hydrogens is 329 g/mol. The third-order valence-electron chi connectivity index (χ3n) is 3.33. The molecule has 0 aliphatic rings. The van der Waals surface area contributed by atoms with E-state index in [4.69, 9.17) is 9.15 Å². The van der Waals surface area contributed by atoms with Crippen molar-refractivity contribution in [1.29, 1.82) is 0 Å². The number of oxazole rings is 1. The quantitative estimate of drug-likeness (QED) is 0.666. The molecule has 0 fully saturated rings. The number of nitrogens with one attached hydrogen (secondary N) is 2. The summed E-state index contributed by atoms with van der Waals surface area (Å²) in [4.78, 5) is 27.2. The normalized spacial score (nSPS) is 10.5. The molecule has 1 aromatic carbocycles. The van der Waals surface area contributed by atoms with Crippen molar-refractivity contribution in [2.45, 2.75) is 12.8 Å². The maximum absolute atomic E-state index is 13.7. The SMILES string of the molecule is COCCNC(=O)CNC(=O)CCc1ncc(-c2ccccc2F)o1. The van der Waals surface area contributed by atoms with E-state index in [9.17, 15) is 14.0 Å². The number of halogens is 1. The van der Waals surface area contributed by atoms with E-state index in [0.717, 1.165) is 0 Å². The number of carbonyl (C=O) groups excluding carboxylic acids is 2. The summed E-state index contributed by atoms with van der Waals surface area (Å²) < 4.78 is 24.0. The maximum atomic E-state index is 13.7. The Kier molecular flexibility index (Phi) is 7.09. The Hall–Kier alpha value is -2.74. The summed E-state index contributed by atoms with van der Waals surface area (Å²) in [6.07, 6.45) is 1.79. The zero-order chi connectivity index (χ0) is 18.1. The molecule has 1 heterocycles. The second-order valence-electron chi connectivity index (χ2n) is 5.22. The van der Waals surface area contributed by atoms with E-state index >= 15 is 0 Å². The minimum Gasteiger partial charge on any atom is -0.441 e. The van der Waals surface area contributed by atoms with Gasteiger partial charge in [-0.15, -0.1) is 0 Å². The summed E-state index contributed by atoms with van der Waals surface area (Å²) in [5.74, 6) is -0.345. The zero-order valence-electron chi connectivity index (χ0n) is 13.9. The molecular formula is C17H20FN3O4. The van der Waals surface area contributed by atoms with Crippen molar-refractivity contribution in [2.24, 2.45) is 0 Å². The lowest BCUT2D eigenvalue weighted by Gasteiger charge is -2.05. The molecule has 134 valence electrons. The van der Waals surface area contributed by atoms with Crippen LogP contribution >= 0.6 is 0 Å². The summed E-state index contributed by atoms with van der Waals surface area (Å²) in [6.45, 7) is 0.698. The van der Waals surface area contributed by atoms with E-state index in [2.05, 4.69) is 15.6 Å². The molecule has 0 saturated carbocycles. The Bertz CT molecular complexity index is 717. The first-order valence-corrected chi connectivity index (χ1v) is 7.82. The molecule has 0 spiro atoms. The summed E-state index contributed by atoms with van der Waals surface area (Å²) in [6, 6.07) is 6.22. The molecule has 2 aromatic rings. The van der Waals surface area contributed by atoms with Crippen LogP contribution in [0.1, 0.15) is 12.3 Å². The van der Waals surface area contributed by atoms with E-state index in [1.54, 1.807) is 18.2 Å². The molecule has 7 nitrogen and oxygen atoms in total. The number of aryl methyl sites for hydroxylation is 1. The standard InChI is InChI=1S/C17H20FN3O4/c1-24-9-8-19-16(23)11-20-15(22)6-7-17-21-10-14(25-17)12-4-2-3-5-13(12)18/h2-5,10H,6-9,11H2,1H3,(H,19,23)(H,20,22). The number of hydrogen-bond donors (Lipinski definition) is 2. The van der Waals surface area contributed by atoms with Gasteiger partial charge < -0.3 is 19.8 Å². The molecule has 1 aromatic heterocycles. The first-order chi connectivity index (χ1) is 12.1. The lowest BCUT2D eigenvalue weighted by Crippen LogP contribution is -2.38. The van der Waals surface area contributed by atoms with Crippen molar-refractivity contribution < 1.29 is 23.1 Å². The number of benzene rings is 1. The van der Waals surface area contributed by atoms with Gasteiger partial charge in [-0.3, -0.25) is 9.59 Å². The molecule has 0 unspecified atom stereocenters. The molecule has 0 atom stereocenters. The Morgan fingerprint density at radius 1 is 1.24 bits per heavy atom. The number of rotatable bonds is 9. The van der Waals surface area contributed by atoms with E-state index in [-0.39, 0.29) is 31.2 Å². The van der Waals surface area contributed by atoms with Gasteiger partial charge in [0.15, 0.2) is 11.7 Å². The number of nitrogens with zero attached hydrogens (tertiary/aromatic N) is 1. The third kappa shape index (κ3) is 6.00. The third-order valence-corrected chi connectivity index (χ3v) is 3.33. The van der Waals surface area contributed by atoms with E-state index in [1.165, 1.54) is 19.4 Å². The summed E-state index contributed by atoms with van der Waals surface area (Å²) in [5.41, 5.74) is 0.318. The fourth-order valence-electron chi connectivity index (χ4n) is 2.05. The van der Waals surface area contributed by atoms with Crippen LogP contribution in [-0.4, -0.2) is 43.6 Å². The van der Waals surface area contributed by atoms with Gasteiger partial charge in [0.25, 0.3) is 0 Å². The number of aromatic nitrogens is 1. The molecule has 0 saturated heterocycles. The first kappa shape index (κ1) is 18.6. The van der Waals surface area contributed by atoms with Crippen LogP contribution in [0.4, 0.5) is 4.39 Å². The smallest absolute Gasteiger partial charge is 0.239 e. The Labute approximate surface area is 144 Å². The lowest BCUT2D eigenvalue weighted by atomic mass is 10.2. The van der Waals surface area contributed by atoms with Gasteiger partial charge in [0.2, 0.25) is 11.8 Å². The summed E-state index contributed by atoms with van der Waals surface area (Å²) >= 11 is 0. The molecule has 2 amide bonds. The van der Waals surface area contributed by atoms with Gasteiger partial charge in [0, 0.05) is 26.5 Å².